The number of hydrogen-bond acceptors (Lipinski definition) is 10. The first-order chi connectivity index (χ1) is 34.0. The van der Waals surface area contributed by atoms with Crippen LogP contribution in [0.25, 0.3) is 0 Å². The smallest absolute Gasteiger partial charge is 0.305 e. The highest BCUT2D eigenvalue weighted by Gasteiger charge is 2.13. The third kappa shape index (κ3) is 51.8. The van der Waals surface area contributed by atoms with Crippen molar-refractivity contribution in [2.24, 2.45) is 0 Å². The number of esters is 2. The Morgan fingerprint density at radius 3 is 1.03 bits per heavy atom. The Bertz CT molecular complexity index is 1060. The zero-order chi connectivity index (χ0) is 50.2. The largest absolute Gasteiger partial charge is 0.466 e. The quantitative estimate of drug-likeness (QED) is 0.0274. The van der Waals surface area contributed by atoms with Gasteiger partial charge in [0.2, 0.25) is 0 Å². The molecule has 0 aliphatic rings. The Hall–Kier alpha value is -2.34. The maximum atomic E-state index is 12.4. The molecular weight excluding hydrogens is 867 g/mol. The van der Waals surface area contributed by atoms with Gasteiger partial charge in [-0.25, -0.2) is 0 Å². The van der Waals surface area contributed by atoms with Crippen LogP contribution >= 0.6 is 0 Å². The molecule has 0 aromatic heterocycles. The van der Waals surface area contributed by atoms with Gasteiger partial charge >= 0.3 is 11.9 Å². The van der Waals surface area contributed by atoms with Crippen molar-refractivity contribution in [1.29, 1.82) is 0 Å². The molecule has 404 valence electrons. The Balaban J connectivity index is 4.19. The number of ether oxygens (including phenoxy) is 6. The molecule has 0 aliphatic heterocycles. The van der Waals surface area contributed by atoms with Gasteiger partial charge in [0.05, 0.1) is 13.2 Å². The van der Waals surface area contributed by atoms with E-state index in [9.17, 15) is 14.7 Å². The molecule has 69 heavy (non-hydrogen) atoms. The summed E-state index contributed by atoms with van der Waals surface area (Å²) in [6.07, 6.45) is 49.9. The van der Waals surface area contributed by atoms with E-state index >= 15 is 0 Å². The van der Waals surface area contributed by atoms with E-state index in [0.717, 1.165) is 219 Å². The summed E-state index contributed by atoms with van der Waals surface area (Å²) >= 11 is 0. The Morgan fingerprint density at radius 2 is 0.696 bits per heavy atom. The third-order valence-corrected chi connectivity index (χ3v) is 11.9. The Kier molecular flexibility index (Phi) is 54.7. The molecule has 0 fully saturated rings. The van der Waals surface area contributed by atoms with E-state index in [-0.39, 0.29) is 31.1 Å². The van der Waals surface area contributed by atoms with Crippen LogP contribution in [0, 0.1) is 0 Å². The second-order valence-corrected chi connectivity index (χ2v) is 18.5. The molecule has 0 bridgehead atoms. The van der Waals surface area contributed by atoms with Gasteiger partial charge in [0, 0.05) is 65.3 Å². The van der Waals surface area contributed by atoms with Crippen LogP contribution in [0.2, 0.25) is 0 Å². The summed E-state index contributed by atoms with van der Waals surface area (Å²) < 4.78 is 35.5. The number of carbonyl (C=O) groups excluding carboxylic acids is 2. The highest BCUT2D eigenvalue weighted by Crippen LogP contribution is 2.14. The minimum Gasteiger partial charge on any atom is -0.466 e. The zero-order valence-electron chi connectivity index (χ0n) is 45.3. The van der Waals surface area contributed by atoms with Crippen LogP contribution in [-0.2, 0) is 38.0 Å². The maximum absolute atomic E-state index is 12.4. The van der Waals surface area contributed by atoms with Gasteiger partial charge in [-0.15, -0.1) is 0 Å². The van der Waals surface area contributed by atoms with E-state index in [2.05, 4.69) is 81.2 Å². The summed E-state index contributed by atoms with van der Waals surface area (Å²) in [6, 6.07) is 0. The fraction of sp³-hybridized carbons (Fsp3) is 0.831. The minimum absolute atomic E-state index is 0.107. The van der Waals surface area contributed by atoms with Gasteiger partial charge in [-0.1, -0.05) is 115 Å². The second-order valence-electron chi connectivity index (χ2n) is 18.5. The van der Waals surface area contributed by atoms with Crippen LogP contribution < -0.4 is 0 Å². The first-order valence-electron chi connectivity index (χ1n) is 28.7. The lowest BCUT2D eigenvalue weighted by atomic mass is 10.1. The number of nitrogens with zero attached hydrogens (tertiary/aromatic N) is 1. The van der Waals surface area contributed by atoms with Crippen molar-refractivity contribution in [3.05, 3.63) is 48.6 Å². The molecule has 1 N–H and O–H groups in total. The number of aliphatic hydroxyl groups is 1. The lowest BCUT2D eigenvalue weighted by molar-refractivity contribution is -0.153. The molecule has 10 heteroatoms. The van der Waals surface area contributed by atoms with Crippen LogP contribution in [0.15, 0.2) is 48.6 Å². The third-order valence-electron chi connectivity index (χ3n) is 11.9. The molecule has 0 rings (SSSR count). The molecule has 0 atom stereocenters. The molecular formula is C59H109NO9. The zero-order valence-corrected chi connectivity index (χ0v) is 45.3. The second kappa shape index (κ2) is 56.6. The standard InChI is InChI=1S/C59H109NO9/c1-5-9-13-17-27-35-50-66-58(67-51-36-28-18-14-10-6-2)44-39-54-64-56(62)42-31-23-21-25-33-46-60(48-41-49-61)47-34-26-22-24-32-43-57(63)65-55-40-45-59(68-52-37-29-19-15-11-7-3)69-53-38-30-20-16-12-8-4/h9-16,58-59,61H,5-8,17-55H2,1-4H3/b13-9-,14-10-,15-11-,16-12-. The molecule has 0 heterocycles. The minimum atomic E-state index is -0.242. The van der Waals surface area contributed by atoms with Gasteiger partial charge in [-0.2, -0.15) is 0 Å². The molecule has 0 unspecified atom stereocenters. The van der Waals surface area contributed by atoms with Crippen molar-refractivity contribution in [1.82, 2.24) is 4.90 Å². The monoisotopic (exact) mass is 976 g/mol. The van der Waals surface area contributed by atoms with Crippen molar-refractivity contribution >= 4 is 11.9 Å². The predicted octanol–water partition coefficient (Wildman–Crippen LogP) is 15.3. The molecule has 0 aromatic rings. The highest BCUT2D eigenvalue weighted by molar-refractivity contribution is 5.69. The molecule has 0 aliphatic carbocycles. The number of hydrogen-bond donors (Lipinski definition) is 1. The summed E-state index contributed by atoms with van der Waals surface area (Å²) in [7, 11) is 0. The van der Waals surface area contributed by atoms with E-state index in [1.54, 1.807) is 0 Å². The fourth-order valence-corrected chi connectivity index (χ4v) is 7.80. The lowest BCUT2D eigenvalue weighted by Gasteiger charge is -2.22. The summed E-state index contributed by atoms with van der Waals surface area (Å²) in [5, 5.41) is 9.47. The molecule has 0 saturated heterocycles. The van der Waals surface area contributed by atoms with Crippen LogP contribution in [0.4, 0.5) is 0 Å². The summed E-state index contributed by atoms with van der Waals surface area (Å²) in [4.78, 5) is 27.4. The van der Waals surface area contributed by atoms with E-state index in [1.807, 2.05) is 0 Å². The SMILES string of the molecule is CC/C=C\CCCCOC(CCCOC(=O)CCCCCCCN(CCCO)CCCCCCCC(=O)OCCCC(OCCCC/C=C\CC)OCCCC/C=C\CC)OCCCC/C=C\CC. The predicted molar refractivity (Wildman–Crippen MR) is 288 cm³/mol. The highest BCUT2D eigenvalue weighted by atomic mass is 16.7. The normalized spacial score (nSPS) is 12.2. The van der Waals surface area contributed by atoms with E-state index in [0.29, 0.717) is 52.5 Å². The van der Waals surface area contributed by atoms with Crippen molar-refractivity contribution in [3.63, 3.8) is 0 Å². The maximum Gasteiger partial charge on any atom is 0.305 e. The van der Waals surface area contributed by atoms with E-state index in [4.69, 9.17) is 28.4 Å². The summed E-state index contributed by atoms with van der Waals surface area (Å²) in [5.41, 5.74) is 0. The average Bonchev–Trinajstić information content (AvgIpc) is 3.35. The van der Waals surface area contributed by atoms with Crippen molar-refractivity contribution in [3.8, 4) is 0 Å². The van der Waals surface area contributed by atoms with Gasteiger partial charge in [0.25, 0.3) is 0 Å². The van der Waals surface area contributed by atoms with Gasteiger partial charge < -0.3 is 38.4 Å². The topological polar surface area (TPSA) is 113 Å². The van der Waals surface area contributed by atoms with Gasteiger partial charge in [-0.05, 0) is 161 Å². The van der Waals surface area contributed by atoms with Crippen LogP contribution in [0.5, 0.6) is 0 Å². The fourth-order valence-electron chi connectivity index (χ4n) is 7.80. The molecule has 0 radical (unpaired) electrons. The van der Waals surface area contributed by atoms with Crippen molar-refractivity contribution in [2.75, 3.05) is 65.9 Å². The number of rotatable bonds is 55. The molecule has 0 aromatic carbocycles. The number of unbranched alkanes of at least 4 members (excludes halogenated alkanes) is 16. The number of carbonyl (C=O) groups is 2. The van der Waals surface area contributed by atoms with Crippen LogP contribution in [0.3, 0.4) is 0 Å². The first kappa shape index (κ1) is 66.7. The van der Waals surface area contributed by atoms with Gasteiger partial charge in [0.15, 0.2) is 12.6 Å². The Labute approximate surface area is 425 Å². The number of allylic oxidation sites excluding steroid dienone is 8. The molecule has 0 spiro atoms. The van der Waals surface area contributed by atoms with Crippen LogP contribution in [-0.4, -0.2) is 100 Å². The molecule has 10 nitrogen and oxygen atoms in total. The first-order valence-corrected chi connectivity index (χ1v) is 28.7. The average molecular weight is 977 g/mol. The van der Waals surface area contributed by atoms with Crippen LogP contribution in [0.1, 0.15) is 240 Å². The summed E-state index contributed by atoms with van der Waals surface area (Å²) in [6.45, 7) is 15.5. The Morgan fingerprint density at radius 1 is 0.377 bits per heavy atom. The van der Waals surface area contributed by atoms with E-state index < -0.39 is 0 Å². The van der Waals surface area contributed by atoms with Gasteiger partial charge in [-0.3, -0.25) is 9.59 Å². The van der Waals surface area contributed by atoms with Crippen molar-refractivity contribution in [2.45, 2.75) is 252 Å². The van der Waals surface area contributed by atoms with E-state index in [1.165, 1.54) is 0 Å². The summed E-state index contributed by atoms with van der Waals surface area (Å²) in [5.74, 6) is -0.213. The van der Waals surface area contributed by atoms with Crippen molar-refractivity contribution < 1.29 is 43.1 Å². The lowest BCUT2D eigenvalue weighted by Crippen LogP contribution is -2.27. The molecule has 0 saturated carbocycles. The molecule has 0 amide bonds. The van der Waals surface area contributed by atoms with Gasteiger partial charge in [0.1, 0.15) is 0 Å². The number of aliphatic hydroxyl groups excluding tert-OH is 1.